The molecule has 0 bridgehead atoms. The summed E-state index contributed by atoms with van der Waals surface area (Å²) in [6.45, 7) is 1.07. The molecule has 0 saturated carbocycles. The SMILES string of the molecule is CN(C)C(=O)Oc1ncccc1[C@@H]1CCCN1C. The molecule has 0 aliphatic carbocycles. The Hall–Kier alpha value is -1.62. The Morgan fingerprint density at radius 1 is 1.56 bits per heavy atom. The molecule has 5 nitrogen and oxygen atoms in total. The molecule has 1 aromatic heterocycles. The lowest BCUT2D eigenvalue weighted by Gasteiger charge is -2.21. The van der Waals surface area contributed by atoms with E-state index in [1.807, 2.05) is 12.1 Å². The van der Waals surface area contributed by atoms with Crippen molar-refractivity contribution in [3.05, 3.63) is 23.9 Å². The molecule has 98 valence electrons. The summed E-state index contributed by atoms with van der Waals surface area (Å²) in [5, 5.41) is 0. The van der Waals surface area contributed by atoms with Crippen LogP contribution in [0.2, 0.25) is 0 Å². The van der Waals surface area contributed by atoms with Crippen LogP contribution in [0.4, 0.5) is 4.79 Å². The molecule has 1 atom stereocenters. The molecule has 0 spiro atoms. The van der Waals surface area contributed by atoms with Crippen LogP contribution < -0.4 is 4.74 Å². The summed E-state index contributed by atoms with van der Waals surface area (Å²) in [7, 11) is 5.40. The zero-order valence-corrected chi connectivity index (χ0v) is 11.1. The average Bonchev–Trinajstić information content (AvgIpc) is 2.76. The Morgan fingerprint density at radius 3 is 2.94 bits per heavy atom. The van der Waals surface area contributed by atoms with E-state index >= 15 is 0 Å². The first-order valence-electron chi connectivity index (χ1n) is 6.14. The van der Waals surface area contributed by atoms with Gasteiger partial charge >= 0.3 is 6.09 Å². The molecule has 1 aromatic rings. The molecular formula is C13H19N3O2. The third kappa shape index (κ3) is 2.61. The van der Waals surface area contributed by atoms with Gasteiger partial charge in [0.1, 0.15) is 0 Å². The maximum Gasteiger partial charge on any atom is 0.416 e. The second-order valence-corrected chi connectivity index (χ2v) is 4.80. The molecule has 1 aliphatic heterocycles. The van der Waals surface area contributed by atoms with Gasteiger partial charge in [-0.05, 0) is 32.5 Å². The van der Waals surface area contributed by atoms with Crippen molar-refractivity contribution in [1.29, 1.82) is 0 Å². The molecule has 1 aliphatic rings. The van der Waals surface area contributed by atoms with E-state index in [1.165, 1.54) is 4.90 Å². The minimum absolute atomic E-state index is 0.295. The summed E-state index contributed by atoms with van der Waals surface area (Å²) in [5.41, 5.74) is 0.993. The number of nitrogens with zero attached hydrogens (tertiary/aromatic N) is 3. The highest BCUT2D eigenvalue weighted by Gasteiger charge is 2.26. The molecular weight excluding hydrogens is 230 g/mol. The summed E-state index contributed by atoms with van der Waals surface area (Å²) in [6, 6.07) is 4.16. The van der Waals surface area contributed by atoms with E-state index in [4.69, 9.17) is 4.74 Å². The molecule has 2 rings (SSSR count). The molecule has 1 fully saturated rings. The Balaban J connectivity index is 2.22. The van der Waals surface area contributed by atoms with E-state index < -0.39 is 6.09 Å². The number of pyridine rings is 1. The summed E-state index contributed by atoms with van der Waals surface area (Å²) in [6.07, 6.45) is 3.50. The minimum Gasteiger partial charge on any atom is -0.391 e. The van der Waals surface area contributed by atoms with Gasteiger partial charge in [0.25, 0.3) is 0 Å². The third-order valence-electron chi connectivity index (χ3n) is 3.23. The van der Waals surface area contributed by atoms with Crippen molar-refractivity contribution in [2.75, 3.05) is 27.7 Å². The Kier molecular flexibility index (Phi) is 3.81. The minimum atomic E-state index is -0.393. The van der Waals surface area contributed by atoms with Crippen LogP contribution in [0.25, 0.3) is 0 Å². The number of carbonyl (C=O) groups is 1. The van der Waals surface area contributed by atoms with Crippen molar-refractivity contribution in [3.63, 3.8) is 0 Å². The van der Waals surface area contributed by atoms with Crippen LogP contribution in [0.5, 0.6) is 5.88 Å². The van der Waals surface area contributed by atoms with Crippen molar-refractivity contribution < 1.29 is 9.53 Å². The summed E-state index contributed by atoms with van der Waals surface area (Å²) < 4.78 is 5.32. The summed E-state index contributed by atoms with van der Waals surface area (Å²) in [5.74, 6) is 0.426. The van der Waals surface area contributed by atoms with E-state index in [-0.39, 0.29) is 0 Å². The first-order chi connectivity index (χ1) is 8.59. The molecule has 18 heavy (non-hydrogen) atoms. The predicted octanol–water partition coefficient (Wildman–Crippen LogP) is 1.91. The second kappa shape index (κ2) is 5.35. The van der Waals surface area contributed by atoms with Crippen LogP contribution in [0.1, 0.15) is 24.4 Å². The van der Waals surface area contributed by atoms with Crippen molar-refractivity contribution in [3.8, 4) is 5.88 Å². The molecule has 0 N–H and O–H groups in total. The fourth-order valence-corrected chi connectivity index (χ4v) is 2.22. The number of likely N-dealkylation sites (tertiary alicyclic amines) is 1. The van der Waals surface area contributed by atoms with Gasteiger partial charge in [0.05, 0.1) is 0 Å². The third-order valence-corrected chi connectivity index (χ3v) is 3.23. The lowest BCUT2D eigenvalue weighted by Crippen LogP contribution is -2.27. The van der Waals surface area contributed by atoms with Crippen LogP contribution >= 0.6 is 0 Å². The maximum absolute atomic E-state index is 11.6. The highest BCUT2D eigenvalue weighted by molar-refractivity contribution is 5.69. The van der Waals surface area contributed by atoms with Crippen LogP contribution in [0.3, 0.4) is 0 Å². The van der Waals surface area contributed by atoms with Gasteiger partial charge in [-0.2, -0.15) is 0 Å². The average molecular weight is 249 g/mol. The normalized spacial score (nSPS) is 19.8. The van der Waals surface area contributed by atoms with Gasteiger partial charge in [-0.25, -0.2) is 9.78 Å². The highest BCUT2D eigenvalue weighted by atomic mass is 16.6. The number of hydrogen-bond acceptors (Lipinski definition) is 4. The van der Waals surface area contributed by atoms with Crippen molar-refractivity contribution in [2.24, 2.45) is 0 Å². The lowest BCUT2D eigenvalue weighted by molar-refractivity contribution is 0.168. The van der Waals surface area contributed by atoms with Gasteiger partial charge < -0.3 is 9.64 Å². The molecule has 5 heteroatoms. The first-order valence-corrected chi connectivity index (χ1v) is 6.14. The molecule has 1 saturated heterocycles. The predicted molar refractivity (Wildman–Crippen MR) is 68.6 cm³/mol. The zero-order valence-electron chi connectivity index (χ0n) is 11.1. The van der Waals surface area contributed by atoms with E-state index in [9.17, 15) is 4.79 Å². The van der Waals surface area contributed by atoms with E-state index in [2.05, 4.69) is 16.9 Å². The van der Waals surface area contributed by atoms with Gasteiger partial charge in [-0.15, -0.1) is 0 Å². The maximum atomic E-state index is 11.6. The molecule has 0 unspecified atom stereocenters. The van der Waals surface area contributed by atoms with Crippen molar-refractivity contribution >= 4 is 6.09 Å². The molecule has 0 aromatic carbocycles. The fourth-order valence-electron chi connectivity index (χ4n) is 2.22. The lowest BCUT2D eigenvalue weighted by atomic mass is 10.1. The largest absolute Gasteiger partial charge is 0.416 e. The van der Waals surface area contributed by atoms with Crippen LogP contribution in [0, 0.1) is 0 Å². The Morgan fingerprint density at radius 2 is 2.33 bits per heavy atom. The number of ether oxygens (including phenoxy) is 1. The summed E-state index contributed by atoms with van der Waals surface area (Å²) in [4.78, 5) is 19.5. The van der Waals surface area contributed by atoms with Crippen LogP contribution in [0.15, 0.2) is 18.3 Å². The number of amides is 1. The first kappa shape index (κ1) is 12.8. The van der Waals surface area contributed by atoms with Crippen LogP contribution in [-0.4, -0.2) is 48.6 Å². The topological polar surface area (TPSA) is 45.7 Å². The van der Waals surface area contributed by atoms with E-state index in [0.29, 0.717) is 11.9 Å². The monoisotopic (exact) mass is 249 g/mol. The van der Waals surface area contributed by atoms with E-state index in [1.54, 1.807) is 20.3 Å². The number of rotatable bonds is 2. The van der Waals surface area contributed by atoms with E-state index in [0.717, 1.165) is 24.9 Å². The fraction of sp³-hybridized carbons (Fsp3) is 0.538. The van der Waals surface area contributed by atoms with Crippen molar-refractivity contribution in [1.82, 2.24) is 14.8 Å². The summed E-state index contributed by atoms with van der Waals surface area (Å²) >= 11 is 0. The quantitative estimate of drug-likeness (QED) is 0.803. The zero-order chi connectivity index (χ0) is 13.1. The van der Waals surface area contributed by atoms with Gasteiger partial charge in [0, 0.05) is 31.9 Å². The highest BCUT2D eigenvalue weighted by Crippen LogP contribution is 2.34. The molecule has 1 amide bonds. The van der Waals surface area contributed by atoms with Crippen molar-refractivity contribution in [2.45, 2.75) is 18.9 Å². The number of aromatic nitrogens is 1. The van der Waals surface area contributed by atoms with Gasteiger partial charge in [-0.1, -0.05) is 6.07 Å². The van der Waals surface area contributed by atoms with Crippen LogP contribution in [-0.2, 0) is 0 Å². The Bertz CT molecular complexity index is 434. The number of hydrogen-bond donors (Lipinski definition) is 0. The van der Waals surface area contributed by atoms with Gasteiger partial charge in [0.15, 0.2) is 0 Å². The molecule has 0 radical (unpaired) electrons. The van der Waals surface area contributed by atoms with Gasteiger partial charge in [-0.3, -0.25) is 4.90 Å². The Labute approximate surface area is 107 Å². The molecule has 2 heterocycles. The smallest absolute Gasteiger partial charge is 0.391 e. The second-order valence-electron chi connectivity index (χ2n) is 4.80. The number of carbonyl (C=O) groups excluding carboxylic acids is 1. The van der Waals surface area contributed by atoms with Gasteiger partial charge in [0.2, 0.25) is 5.88 Å². The standard InChI is InChI=1S/C13H19N3O2/c1-15(2)13(17)18-12-10(6-4-8-14-12)11-7-5-9-16(11)3/h4,6,8,11H,5,7,9H2,1-3H3/t11-/m0/s1.